The Labute approximate surface area is 146 Å². The molecule has 3 aromatic rings. The van der Waals surface area contributed by atoms with E-state index in [0.29, 0.717) is 28.7 Å². The van der Waals surface area contributed by atoms with Crippen LogP contribution in [0.25, 0.3) is 22.6 Å². The van der Waals surface area contributed by atoms with Gasteiger partial charge < -0.3 is 9.52 Å². The first-order valence-electron chi connectivity index (χ1n) is 8.14. The Kier molecular flexibility index (Phi) is 3.09. The van der Waals surface area contributed by atoms with Gasteiger partial charge in [-0.3, -0.25) is 9.36 Å². The summed E-state index contributed by atoms with van der Waals surface area (Å²) in [6.45, 7) is 0. The van der Waals surface area contributed by atoms with Gasteiger partial charge in [0.15, 0.2) is 5.58 Å². The van der Waals surface area contributed by atoms with Crippen LogP contribution in [0.2, 0.25) is 0 Å². The summed E-state index contributed by atoms with van der Waals surface area (Å²) in [7, 11) is 0. The van der Waals surface area contributed by atoms with Gasteiger partial charge in [-0.15, -0.1) is 11.8 Å². The SMILES string of the molecule is O=C(O)C1CSc2c(C3CC3)c(-c3nc4ccccc4o3)cc(=O)n21. The van der Waals surface area contributed by atoms with Crippen molar-refractivity contribution in [3.05, 3.63) is 46.2 Å². The lowest BCUT2D eigenvalue weighted by Gasteiger charge is -2.14. The molecule has 5 rings (SSSR count). The first kappa shape index (κ1) is 14.8. The van der Waals surface area contributed by atoms with Gasteiger partial charge in [-0.2, -0.15) is 0 Å². The maximum atomic E-state index is 12.6. The number of thioether (sulfide) groups is 1. The highest BCUT2D eigenvalue weighted by molar-refractivity contribution is 7.99. The average molecular weight is 354 g/mol. The Bertz CT molecular complexity index is 1050. The number of aromatic nitrogens is 2. The maximum Gasteiger partial charge on any atom is 0.327 e. The zero-order valence-corrected chi connectivity index (χ0v) is 14.0. The Hall–Kier alpha value is -2.54. The van der Waals surface area contributed by atoms with E-state index in [9.17, 15) is 14.7 Å². The van der Waals surface area contributed by atoms with Gasteiger partial charge in [0, 0.05) is 17.4 Å². The molecule has 126 valence electrons. The third-order valence-corrected chi connectivity index (χ3v) is 5.90. The first-order valence-corrected chi connectivity index (χ1v) is 9.13. The van der Waals surface area contributed by atoms with Crippen molar-refractivity contribution in [1.29, 1.82) is 0 Å². The lowest BCUT2D eigenvalue weighted by molar-refractivity contribution is -0.140. The van der Waals surface area contributed by atoms with Crippen LogP contribution in [0.4, 0.5) is 0 Å². The predicted octanol–water partition coefficient (Wildman–Crippen LogP) is 3.27. The number of rotatable bonds is 3. The number of nitrogens with zero attached hydrogens (tertiary/aromatic N) is 2. The fourth-order valence-corrected chi connectivity index (χ4v) is 4.80. The highest BCUT2D eigenvalue weighted by atomic mass is 32.2. The highest BCUT2D eigenvalue weighted by Crippen LogP contribution is 2.50. The highest BCUT2D eigenvalue weighted by Gasteiger charge is 2.38. The summed E-state index contributed by atoms with van der Waals surface area (Å²) in [4.78, 5) is 28.7. The number of oxazole rings is 1. The second-order valence-corrected chi connectivity index (χ2v) is 7.42. The van der Waals surface area contributed by atoms with Gasteiger partial charge in [0.05, 0.1) is 5.03 Å². The molecule has 6 nitrogen and oxygen atoms in total. The van der Waals surface area contributed by atoms with Crippen LogP contribution in [0.5, 0.6) is 0 Å². The minimum atomic E-state index is -0.968. The molecule has 1 N–H and O–H groups in total. The zero-order chi connectivity index (χ0) is 17.1. The summed E-state index contributed by atoms with van der Waals surface area (Å²) in [5.74, 6) is 0.181. The fraction of sp³-hybridized carbons (Fsp3) is 0.278. The van der Waals surface area contributed by atoms with E-state index in [0.717, 1.165) is 28.9 Å². The maximum absolute atomic E-state index is 12.6. The minimum Gasteiger partial charge on any atom is -0.480 e. The van der Waals surface area contributed by atoms with E-state index >= 15 is 0 Å². The molecule has 2 aliphatic rings. The molecule has 0 bridgehead atoms. The summed E-state index contributed by atoms with van der Waals surface area (Å²) in [5.41, 5.74) is 2.83. The Morgan fingerprint density at radius 1 is 1.32 bits per heavy atom. The average Bonchev–Trinajstić information content (AvgIpc) is 3.17. The number of hydrogen-bond donors (Lipinski definition) is 1. The van der Waals surface area contributed by atoms with E-state index in [4.69, 9.17) is 4.42 Å². The summed E-state index contributed by atoms with van der Waals surface area (Å²) in [5, 5.41) is 10.2. The van der Waals surface area contributed by atoms with E-state index in [1.807, 2.05) is 24.3 Å². The third-order valence-electron chi connectivity index (χ3n) is 4.73. The predicted molar refractivity (Wildman–Crippen MR) is 93.1 cm³/mol. The smallest absolute Gasteiger partial charge is 0.327 e. The number of aliphatic carboxylic acids is 1. The van der Waals surface area contributed by atoms with Gasteiger partial charge in [-0.25, -0.2) is 9.78 Å². The van der Waals surface area contributed by atoms with Crippen LogP contribution in [0.3, 0.4) is 0 Å². The van der Waals surface area contributed by atoms with E-state index < -0.39 is 12.0 Å². The first-order chi connectivity index (χ1) is 12.1. The number of pyridine rings is 1. The van der Waals surface area contributed by atoms with Crippen molar-refractivity contribution in [2.45, 2.75) is 29.8 Å². The lowest BCUT2D eigenvalue weighted by atomic mass is 10.1. The van der Waals surface area contributed by atoms with Gasteiger partial charge in [-0.1, -0.05) is 12.1 Å². The zero-order valence-electron chi connectivity index (χ0n) is 13.1. The van der Waals surface area contributed by atoms with Crippen molar-refractivity contribution in [3.63, 3.8) is 0 Å². The number of carboxylic acids is 1. The Morgan fingerprint density at radius 3 is 2.84 bits per heavy atom. The van der Waals surface area contributed by atoms with Crippen molar-refractivity contribution in [2.24, 2.45) is 0 Å². The monoisotopic (exact) mass is 354 g/mol. The van der Waals surface area contributed by atoms with Crippen molar-refractivity contribution >= 4 is 28.8 Å². The molecule has 0 saturated heterocycles. The van der Waals surface area contributed by atoms with Crippen LogP contribution in [0.15, 0.2) is 44.6 Å². The second-order valence-electron chi connectivity index (χ2n) is 6.41. The van der Waals surface area contributed by atoms with Crippen LogP contribution >= 0.6 is 11.8 Å². The molecule has 1 saturated carbocycles. The Balaban J connectivity index is 1.77. The van der Waals surface area contributed by atoms with Gasteiger partial charge in [0.2, 0.25) is 5.89 Å². The molecule has 1 aromatic carbocycles. The van der Waals surface area contributed by atoms with Crippen LogP contribution in [-0.2, 0) is 4.79 Å². The van der Waals surface area contributed by atoms with E-state index in [2.05, 4.69) is 4.98 Å². The number of para-hydroxylation sites is 2. The molecule has 25 heavy (non-hydrogen) atoms. The molecule has 0 amide bonds. The molecule has 2 aromatic heterocycles. The van der Waals surface area contributed by atoms with Crippen molar-refractivity contribution in [2.75, 3.05) is 5.75 Å². The molecule has 3 heterocycles. The number of benzene rings is 1. The van der Waals surface area contributed by atoms with Gasteiger partial charge in [0.25, 0.3) is 5.56 Å². The van der Waals surface area contributed by atoms with Crippen LogP contribution in [-0.4, -0.2) is 26.4 Å². The lowest BCUT2D eigenvalue weighted by Crippen LogP contribution is -2.29. The molecule has 7 heteroatoms. The summed E-state index contributed by atoms with van der Waals surface area (Å²) in [6, 6.07) is 8.17. The second kappa shape index (κ2) is 5.23. The quantitative estimate of drug-likeness (QED) is 0.777. The topological polar surface area (TPSA) is 85.3 Å². The van der Waals surface area contributed by atoms with Crippen molar-refractivity contribution < 1.29 is 14.3 Å². The van der Waals surface area contributed by atoms with Crippen molar-refractivity contribution in [1.82, 2.24) is 9.55 Å². The van der Waals surface area contributed by atoms with E-state index in [1.54, 1.807) is 0 Å². The Morgan fingerprint density at radius 2 is 2.12 bits per heavy atom. The van der Waals surface area contributed by atoms with E-state index in [-0.39, 0.29) is 5.56 Å². The van der Waals surface area contributed by atoms with Gasteiger partial charge in [0.1, 0.15) is 11.6 Å². The summed E-state index contributed by atoms with van der Waals surface area (Å²) in [6.07, 6.45) is 2.08. The number of carbonyl (C=O) groups is 1. The van der Waals surface area contributed by atoms with Crippen LogP contribution in [0.1, 0.15) is 30.4 Å². The fourth-order valence-electron chi connectivity index (χ4n) is 3.40. The number of carboxylic acid groups (broad SMARTS) is 1. The number of hydrogen-bond acceptors (Lipinski definition) is 5. The molecule has 1 aliphatic carbocycles. The van der Waals surface area contributed by atoms with Gasteiger partial charge >= 0.3 is 5.97 Å². The molecular weight excluding hydrogens is 340 g/mol. The summed E-state index contributed by atoms with van der Waals surface area (Å²) >= 11 is 1.44. The largest absolute Gasteiger partial charge is 0.480 e. The van der Waals surface area contributed by atoms with E-state index in [1.165, 1.54) is 22.4 Å². The van der Waals surface area contributed by atoms with Crippen molar-refractivity contribution in [3.8, 4) is 11.5 Å². The third kappa shape index (κ3) is 2.22. The molecule has 1 aliphatic heterocycles. The standard InChI is InChI=1S/C18H14N2O4S/c21-14-7-10(16-19-11-3-1-2-4-13(11)24-16)15(9-5-6-9)17-20(14)12(8-25-17)18(22)23/h1-4,7,9,12H,5-6,8H2,(H,22,23). The van der Waals surface area contributed by atoms with Crippen LogP contribution in [0, 0.1) is 0 Å². The minimum absolute atomic E-state index is 0.311. The molecular formula is C18H14N2O4S. The molecule has 1 unspecified atom stereocenters. The van der Waals surface area contributed by atoms with Gasteiger partial charge in [-0.05, 0) is 36.5 Å². The summed E-state index contributed by atoms with van der Waals surface area (Å²) < 4.78 is 7.30. The van der Waals surface area contributed by atoms with Crippen LogP contribution < -0.4 is 5.56 Å². The normalized spacial score (nSPS) is 19.3. The number of fused-ring (bicyclic) bond motifs is 2. The molecule has 1 fully saturated rings. The molecule has 1 atom stereocenters. The molecule has 0 radical (unpaired) electrons. The molecule has 0 spiro atoms.